The second kappa shape index (κ2) is 8.65. The van der Waals surface area contributed by atoms with Crippen molar-refractivity contribution < 1.29 is 18.4 Å². The van der Waals surface area contributed by atoms with Gasteiger partial charge in [0.05, 0.1) is 5.69 Å². The van der Waals surface area contributed by atoms with Gasteiger partial charge in [0.1, 0.15) is 17.1 Å². The molecule has 0 atom stereocenters. The van der Waals surface area contributed by atoms with Crippen LogP contribution >= 0.6 is 0 Å². The summed E-state index contributed by atoms with van der Waals surface area (Å²) >= 11 is 0. The molecule has 2 amide bonds. The van der Waals surface area contributed by atoms with Crippen molar-refractivity contribution >= 4 is 34.2 Å². The third-order valence-electron chi connectivity index (χ3n) is 6.52. The molecule has 0 spiro atoms. The van der Waals surface area contributed by atoms with Gasteiger partial charge in [-0.2, -0.15) is 0 Å². The number of anilines is 2. The summed E-state index contributed by atoms with van der Waals surface area (Å²) in [6, 6.07) is 14.0. The standard InChI is InChI=1S/C25H26FN3O3/c26-19-10-4-5-11-20(19)28-13-15-29(16-14-28)25(31)23-22(18-9-3-6-12-21(18)32-23)27-24(30)17-7-1-2-8-17/h3-6,9-12,17H,1-2,7-8,13-16H2,(H,27,30). The first-order valence-corrected chi connectivity index (χ1v) is 11.2. The van der Waals surface area contributed by atoms with E-state index in [4.69, 9.17) is 4.42 Å². The van der Waals surface area contributed by atoms with Gasteiger partial charge in [-0.15, -0.1) is 0 Å². The van der Waals surface area contributed by atoms with E-state index < -0.39 is 0 Å². The van der Waals surface area contributed by atoms with Gasteiger partial charge in [0.2, 0.25) is 11.7 Å². The number of nitrogens with zero attached hydrogens (tertiary/aromatic N) is 2. The molecule has 7 heteroatoms. The van der Waals surface area contributed by atoms with E-state index >= 15 is 0 Å². The van der Waals surface area contributed by atoms with Gasteiger partial charge >= 0.3 is 0 Å². The molecule has 1 aliphatic carbocycles. The molecule has 1 saturated carbocycles. The Hall–Kier alpha value is -3.35. The molecule has 166 valence electrons. The van der Waals surface area contributed by atoms with Crippen molar-refractivity contribution in [3.8, 4) is 0 Å². The maximum Gasteiger partial charge on any atom is 0.291 e. The second-order valence-electron chi connectivity index (χ2n) is 8.50. The number of nitrogens with one attached hydrogen (secondary N) is 1. The number of rotatable bonds is 4. The fourth-order valence-corrected chi connectivity index (χ4v) is 4.74. The molecule has 1 N–H and O–H groups in total. The minimum Gasteiger partial charge on any atom is -0.449 e. The minimum atomic E-state index is -0.263. The Bertz CT molecular complexity index is 1140. The number of hydrogen-bond acceptors (Lipinski definition) is 4. The van der Waals surface area contributed by atoms with E-state index in [0.717, 1.165) is 31.1 Å². The highest BCUT2D eigenvalue weighted by molar-refractivity contribution is 6.11. The monoisotopic (exact) mass is 435 g/mol. The van der Waals surface area contributed by atoms with Crippen LogP contribution in [0, 0.1) is 11.7 Å². The molecule has 2 heterocycles. The Kier molecular flexibility index (Phi) is 5.55. The van der Waals surface area contributed by atoms with E-state index in [2.05, 4.69) is 5.32 Å². The third kappa shape index (κ3) is 3.83. The van der Waals surface area contributed by atoms with E-state index in [1.165, 1.54) is 6.07 Å². The second-order valence-corrected chi connectivity index (χ2v) is 8.50. The first-order chi connectivity index (χ1) is 15.6. The fourth-order valence-electron chi connectivity index (χ4n) is 4.74. The zero-order valence-corrected chi connectivity index (χ0v) is 17.9. The van der Waals surface area contributed by atoms with Gasteiger partial charge in [0, 0.05) is 37.5 Å². The highest BCUT2D eigenvalue weighted by Gasteiger charge is 2.31. The number of amides is 2. The number of carbonyl (C=O) groups excluding carboxylic acids is 2. The summed E-state index contributed by atoms with van der Waals surface area (Å²) < 4.78 is 20.1. The Balaban J connectivity index is 1.36. The summed E-state index contributed by atoms with van der Waals surface area (Å²) in [6.45, 7) is 1.94. The molecule has 0 bridgehead atoms. The van der Waals surface area contributed by atoms with Crippen molar-refractivity contribution in [1.82, 2.24) is 4.90 Å². The summed E-state index contributed by atoms with van der Waals surface area (Å²) in [5, 5.41) is 3.73. The van der Waals surface area contributed by atoms with Crippen LogP contribution in [0.2, 0.25) is 0 Å². The van der Waals surface area contributed by atoms with Crippen molar-refractivity contribution in [2.45, 2.75) is 25.7 Å². The summed E-state index contributed by atoms with van der Waals surface area (Å²) in [4.78, 5) is 29.9. The SMILES string of the molecule is O=C(Nc1c(C(=O)N2CCN(c3ccccc3F)CC2)oc2ccccc12)C1CCCC1. The first-order valence-electron chi connectivity index (χ1n) is 11.2. The Morgan fingerprint density at radius 2 is 1.62 bits per heavy atom. The van der Waals surface area contributed by atoms with Crippen molar-refractivity contribution in [2.24, 2.45) is 5.92 Å². The van der Waals surface area contributed by atoms with Crippen LogP contribution in [0.5, 0.6) is 0 Å². The molecule has 2 aromatic carbocycles. The molecular formula is C25H26FN3O3. The van der Waals surface area contributed by atoms with Crippen molar-refractivity contribution in [3.05, 3.63) is 60.1 Å². The average molecular weight is 435 g/mol. The smallest absolute Gasteiger partial charge is 0.291 e. The lowest BCUT2D eigenvalue weighted by molar-refractivity contribution is -0.119. The van der Waals surface area contributed by atoms with E-state index in [9.17, 15) is 14.0 Å². The van der Waals surface area contributed by atoms with Crippen LogP contribution in [-0.4, -0.2) is 42.9 Å². The molecule has 32 heavy (non-hydrogen) atoms. The normalized spacial score (nSPS) is 17.2. The van der Waals surface area contributed by atoms with Gasteiger partial charge < -0.3 is 19.5 Å². The Morgan fingerprint density at radius 3 is 2.38 bits per heavy atom. The highest BCUT2D eigenvalue weighted by atomic mass is 19.1. The van der Waals surface area contributed by atoms with Crippen LogP contribution in [0.25, 0.3) is 11.0 Å². The highest BCUT2D eigenvalue weighted by Crippen LogP contribution is 2.34. The molecular weight excluding hydrogens is 409 g/mol. The van der Waals surface area contributed by atoms with E-state index in [-0.39, 0.29) is 29.3 Å². The van der Waals surface area contributed by atoms with Crippen LogP contribution in [0.3, 0.4) is 0 Å². The summed E-state index contributed by atoms with van der Waals surface area (Å²) in [7, 11) is 0. The molecule has 0 radical (unpaired) electrons. The van der Waals surface area contributed by atoms with Gasteiger partial charge in [-0.25, -0.2) is 4.39 Å². The molecule has 2 fully saturated rings. The van der Waals surface area contributed by atoms with Gasteiger partial charge in [-0.05, 0) is 37.1 Å². The van der Waals surface area contributed by atoms with Crippen molar-refractivity contribution in [3.63, 3.8) is 0 Å². The van der Waals surface area contributed by atoms with Crippen LogP contribution in [0.15, 0.2) is 52.9 Å². The molecule has 3 aromatic rings. The fraction of sp³-hybridized carbons (Fsp3) is 0.360. The maximum atomic E-state index is 14.1. The zero-order valence-electron chi connectivity index (χ0n) is 17.9. The number of para-hydroxylation sites is 2. The van der Waals surface area contributed by atoms with Crippen molar-refractivity contribution in [2.75, 3.05) is 36.4 Å². The Labute approximate surface area is 186 Å². The lowest BCUT2D eigenvalue weighted by Crippen LogP contribution is -2.49. The quantitative estimate of drug-likeness (QED) is 0.647. The predicted molar refractivity (Wildman–Crippen MR) is 121 cm³/mol. The number of hydrogen-bond donors (Lipinski definition) is 1. The van der Waals surface area contributed by atoms with Crippen LogP contribution in [0.1, 0.15) is 36.2 Å². The minimum absolute atomic E-state index is 0.0177. The molecule has 5 rings (SSSR count). The summed E-state index contributed by atoms with van der Waals surface area (Å²) in [5.41, 5.74) is 1.58. The number of carbonyl (C=O) groups is 2. The third-order valence-corrected chi connectivity index (χ3v) is 6.52. The number of fused-ring (bicyclic) bond motifs is 1. The largest absolute Gasteiger partial charge is 0.449 e. The van der Waals surface area contributed by atoms with Gasteiger partial charge in [-0.1, -0.05) is 37.1 Å². The number of piperazine rings is 1. The topological polar surface area (TPSA) is 65.8 Å². The lowest BCUT2D eigenvalue weighted by Gasteiger charge is -2.36. The van der Waals surface area contributed by atoms with Crippen LogP contribution in [0.4, 0.5) is 15.8 Å². The summed E-state index contributed by atoms with van der Waals surface area (Å²) in [5.74, 6) is -0.419. The van der Waals surface area contributed by atoms with E-state index in [0.29, 0.717) is 43.1 Å². The molecule has 6 nitrogen and oxygen atoms in total. The number of benzene rings is 2. The van der Waals surface area contributed by atoms with E-state index in [1.807, 2.05) is 29.2 Å². The van der Waals surface area contributed by atoms with Crippen molar-refractivity contribution in [1.29, 1.82) is 0 Å². The van der Waals surface area contributed by atoms with Gasteiger partial charge in [0.15, 0.2) is 0 Å². The summed E-state index contributed by atoms with van der Waals surface area (Å²) in [6.07, 6.45) is 3.87. The maximum absolute atomic E-state index is 14.1. The first kappa shape index (κ1) is 20.5. The van der Waals surface area contributed by atoms with Gasteiger partial charge in [-0.3, -0.25) is 9.59 Å². The van der Waals surface area contributed by atoms with Gasteiger partial charge in [0.25, 0.3) is 5.91 Å². The number of furan rings is 1. The number of halogens is 1. The Morgan fingerprint density at radius 1 is 0.938 bits per heavy atom. The van der Waals surface area contributed by atoms with E-state index in [1.54, 1.807) is 23.1 Å². The molecule has 2 aliphatic rings. The van der Waals surface area contributed by atoms with Crippen LogP contribution in [-0.2, 0) is 4.79 Å². The zero-order chi connectivity index (χ0) is 22.1. The molecule has 0 unspecified atom stereocenters. The molecule has 1 aliphatic heterocycles. The molecule has 1 saturated heterocycles. The lowest BCUT2D eigenvalue weighted by atomic mass is 10.1. The predicted octanol–water partition coefficient (Wildman–Crippen LogP) is 4.66. The molecule has 1 aromatic heterocycles. The van der Waals surface area contributed by atoms with Crippen LogP contribution < -0.4 is 10.2 Å². The average Bonchev–Trinajstić information content (AvgIpc) is 3.48.